The van der Waals surface area contributed by atoms with Gasteiger partial charge in [-0.3, -0.25) is 14.5 Å². The lowest BCUT2D eigenvalue weighted by atomic mass is 9.99. The van der Waals surface area contributed by atoms with Crippen LogP contribution in [0.25, 0.3) is 0 Å². The molecule has 1 aliphatic heterocycles. The number of imidazole rings is 1. The maximum absolute atomic E-state index is 11.1. The Kier molecular flexibility index (Phi) is 5.27. The molecule has 0 bridgehead atoms. The lowest BCUT2D eigenvalue weighted by Gasteiger charge is -2.35. The van der Waals surface area contributed by atoms with Gasteiger partial charge in [-0.2, -0.15) is 10.7 Å². The summed E-state index contributed by atoms with van der Waals surface area (Å²) in [5.41, 5.74) is 8.19. The zero-order chi connectivity index (χ0) is 15.2. The first kappa shape index (κ1) is 15.4. The first-order valence-electron chi connectivity index (χ1n) is 6.85. The molecule has 3 N–H and O–H groups in total. The molecular formula is C13H20N6O2. The van der Waals surface area contributed by atoms with Gasteiger partial charge in [0, 0.05) is 32.0 Å². The molecule has 8 heteroatoms. The third-order valence-corrected chi connectivity index (χ3v) is 3.56. The summed E-state index contributed by atoms with van der Waals surface area (Å²) in [5.74, 6) is 0.395. The molecule has 114 valence electrons. The van der Waals surface area contributed by atoms with E-state index in [1.165, 1.54) is 0 Å². The van der Waals surface area contributed by atoms with E-state index in [0.29, 0.717) is 19.6 Å². The van der Waals surface area contributed by atoms with Crippen LogP contribution in [0.2, 0.25) is 0 Å². The Morgan fingerprint density at radius 1 is 1.67 bits per heavy atom. The van der Waals surface area contributed by atoms with E-state index >= 15 is 0 Å². The maximum atomic E-state index is 11.1. The second-order valence-electron chi connectivity index (χ2n) is 5.18. The van der Waals surface area contributed by atoms with Crippen LogP contribution in [-0.2, 0) is 23.3 Å². The number of hydrogen-bond acceptors (Lipinski definition) is 6. The fraction of sp³-hybridized carbons (Fsp3) is 0.615. The number of nitriles is 1. The van der Waals surface area contributed by atoms with Crippen molar-refractivity contribution in [3.63, 3.8) is 0 Å². The third-order valence-electron chi connectivity index (χ3n) is 3.56. The Balaban J connectivity index is 1.80. The molecule has 1 fully saturated rings. The molecule has 0 radical (unpaired) electrons. The highest BCUT2D eigenvalue weighted by molar-refractivity contribution is 5.76. The van der Waals surface area contributed by atoms with E-state index in [1.54, 1.807) is 11.1 Å². The quantitative estimate of drug-likeness (QED) is 0.670. The number of likely N-dealkylation sites (tertiary alicyclic amines) is 1. The molecular weight excluding hydrogens is 272 g/mol. The topological polar surface area (TPSA) is 109 Å². The fourth-order valence-electron chi connectivity index (χ4n) is 2.42. The zero-order valence-corrected chi connectivity index (χ0v) is 12.0. The summed E-state index contributed by atoms with van der Waals surface area (Å²) in [7, 11) is 1.90. The Bertz CT molecular complexity index is 523. The number of rotatable bonds is 6. The highest BCUT2D eigenvalue weighted by Crippen LogP contribution is 2.16. The van der Waals surface area contributed by atoms with Crippen molar-refractivity contribution in [3.8, 4) is 6.07 Å². The minimum atomic E-state index is -0.426. The van der Waals surface area contributed by atoms with Crippen molar-refractivity contribution in [1.82, 2.24) is 19.9 Å². The number of nitrogens with one attached hydrogen (secondary N) is 1. The average molecular weight is 292 g/mol. The van der Waals surface area contributed by atoms with Gasteiger partial charge in [-0.15, -0.1) is 0 Å². The van der Waals surface area contributed by atoms with Crippen molar-refractivity contribution >= 4 is 5.91 Å². The van der Waals surface area contributed by atoms with Gasteiger partial charge in [-0.25, -0.2) is 4.98 Å². The maximum Gasteiger partial charge on any atom is 0.231 e. The minimum Gasteiger partial charge on any atom is -0.369 e. The number of nitrogens with zero attached hydrogens (tertiary/aromatic N) is 4. The molecule has 1 aliphatic rings. The lowest BCUT2D eigenvalue weighted by molar-refractivity contribution is -0.120. The van der Waals surface area contributed by atoms with E-state index in [9.17, 15) is 4.79 Å². The van der Waals surface area contributed by atoms with Gasteiger partial charge in [0.1, 0.15) is 12.4 Å². The van der Waals surface area contributed by atoms with Crippen molar-refractivity contribution < 1.29 is 9.63 Å². The molecule has 0 spiro atoms. The first-order valence-corrected chi connectivity index (χ1v) is 6.85. The fourth-order valence-corrected chi connectivity index (χ4v) is 2.42. The highest BCUT2D eigenvalue weighted by Gasteiger charge is 2.29. The van der Waals surface area contributed by atoms with Crippen molar-refractivity contribution in [2.75, 3.05) is 13.1 Å². The van der Waals surface area contributed by atoms with E-state index in [0.717, 1.165) is 12.2 Å². The van der Waals surface area contributed by atoms with Gasteiger partial charge in [0.2, 0.25) is 5.91 Å². The van der Waals surface area contributed by atoms with Crippen LogP contribution in [0.5, 0.6) is 0 Å². The van der Waals surface area contributed by atoms with E-state index in [4.69, 9.17) is 15.8 Å². The number of hydroxylamine groups is 1. The van der Waals surface area contributed by atoms with Crippen LogP contribution in [0.4, 0.5) is 0 Å². The second-order valence-corrected chi connectivity index (χ2v) is 5.18. The largest absolute Gasteiger partial charge is 0.369 e. The predicted octanol–water partition coefficient (Wildman–Crippen LogP) is -0.717. The number of carbonyl (C=O) groups excluding carboxylic acids is 1. The number of piperidine rings is 1. The van der Waals surface area contributed by atoms with Crippen molar-refractivity contribution in [3.05, 3.63) is 18.2 Å². The summed E-state index contributed by atoms with van der Waals surface area (Å²) in [6, 6.07) is 2.01. The Hall–Kier alpha value is -1.95. The van der Waals surface area contributed by atoms with Gasteiger partial charge < -0.3 is 10.3 Å². The molecule has 0 unspecified atom stereocenters. The zero-order valence-electron chi connectivity index (χ0n) is 12.0. The molecule has 1 aromatic heterocycles. The Morgan fingerprint density at radius 2 is 2.48 bits per heavy atom. The van der Waals surface area contributed by atoms with E-state index in [2.05, 4.69) is 16.5 Å². The average Bonchev–Trinajstić information content (AvgIpc) is 2.84. The van der Waals surface area contributed by atoms with E-state index in [-0.39, 0.29) is 18.6 Å². The molecule has 2 atom stereocenters. The van der Waals surface area contributed by atoms with Crippen LogP contribution in [-0.4, -0.2) is 45.5 Å². The molecule has 0 aliphatic carbocycles. The number of carbonyl (C=O) groups is 1. The summed E-state index contributed by atoms with van der Waals surface area (Å²) in [6.07, 6.45) is 5.07. The number of aromatic nitrogens is 2. The number of hydrogen-bond donors (Lipinski definition) is 2. The van der Waals surface area contributed by atoms with Crippen molar-refractivity contribution in [1.29, 1.82) is 5.26 Å². The Labute approximate surface area is 123 Å². The minimum absolute atomic E-state index is 0.0641. The molecule has 2 rings (SSSR count). The molecule has 2 heterocycles. The molecule has 1 aromatic rings. The summed E-state index contributed by atoms with van der Waals surface area (Å²) in [6.45, 7) is 1.01. The molecule has 1 saturated heterocycles. The summed E-state index contributed by atoms with van der Waals surface area (Å²) in [4.78, 5) is 22.5. The van der Waals surface area contributed by atoms with Gasteiger partial charge >= 0.3 is 0 Å². The van der Waals surface area contributed by atoms with E-state index < -0.39 is 5.91 Å². The lowest BCUT2D eigenvalue weighted by Crippen LogP contribution is -2.52. The van der Waals surface area contributed by atoms with Crippen LogP contribution in [0.3, 0.4) is 0 Å². The first-order chi connectivity index (χ1) is 10.1. The predicted molar refractivity (Wildman–Crippen MR) is 74.3 cm³/mol. The number of aryl methyl sites for hydroxylation is 1. The summed E-state index contributed by atoms with van der Waals surface area (Å²) >= 11 is 0. The van der Waals surface area contributed by atoms with Crippen molar-refractivity contribution in [2.24, 2.45) is 12.8 Å². The van der Waals surface area contributed by atoms with Crippen LogP contribution in [0.1, 0.15) is 18.7 Å². The van der Waals surface area contributed by atoms with Crippen LogP contribution >= 0.6 is 0 Å². The van der Waals surface area contributed by atoms with Gasteiger partial charge in [-0.05, 0) is 12.8 Å². The standard InChI is InChI=1S/C13H20N6O2/c1-18-5-4-16-13(18)9-21-17-10-2-3-11(6-14)19(7-10)8-12(15)20/h4-5,10-11,17H,2-3,7-9H2,1H3,(H2,15,20)/t10-,11+/m1/s1. The summed E-state index contributed by atoms with van der Waals surface area (Å²) in [5, 5.41) is 9.09. The van der Waals surface area contributed by atoms with Crippen LogP contribution < -0.4 is 11.2 Å². The summed E-state index contributed by atoms with van der Waals surface area (Å²) < 4.78 is 1.88. The van der Waals surface area contributed by atoms with Gasteiger partial charge in [0.05, 0.1) is 18.7 Å². The molecule has 1 amide bonds. The second kappa shape index (κ2) is 7.17. The molecule has 8 nitrogen and oxygen atoms in total. The monoisotopic (exact) mass is 292 g/mol. The smallest absolute Gasteiger partial charge is 0.231 e. The molecule has 0 aromatic carbocycles. The molecule has 0 saturated carbocycles. The third kappa shape index (κ3) is 4.26. The van der Waals surface area contributed by atoms with Gasteiger partial charge in [0.25, 0.3) is 0 Å². The van der Waals surface area contributed by atoms with Crippen LogP contribution in [0.15, 0.2) is 12.4 Å². The van der Waals surface area contributed by atoms with Gasteiger partial charge in [0.15, 0.2) is 0 Å². The number of primary amides is 1. The number of nitrogens with two attached hydrogens (primary N) is 1. The Morgan fingerprint density at radius 3 is 3.10 bits per heavy atom. The SMILES string of the molecule is Cn1ccnc1CON[C@@H]1CC[C@@H](C#N)N(CC(N)=O)C1. The number of amides is 1. The van der Waals surface area contributed by atoms with Crippen molar-refractivity contribution in [2.45, 2.75) is 31.5 Å². The van der Waals surface area contributed by atoms with Gasteiger partial charge in [-0.1, -0.05) is 0 Å². The van der Waals surface area contributed by atoms with E-state index in [1.807, 2.05) is 17.8 Å². The van der Waals surface area contributed by atoms with Crippen LogP contribution in [0, 0.1) is 11.3 Å². The normalized spacial score (nSPS) is 22.9. The highest BCUT2D eigenvalue weighted by atomic mass is 16.6. The molecule has 21 heavy (non-hydrogen) atoms.